The molecule has 0 aliphatic carbocycles. The van der Waals surface area contributed by atoms with Crippen molar-refractivity contribution in [3.8, 4) is 5.82 Å². The minimum atomic E-state index is -0.352. The number of aromatic nitrogens is 7. The number of H-pyrrole nitrogens is 1. The van der Waals surface area contributed by atoms with E-state index >= 15 is 0 Å². The van der Waals surface area contributed by atoms with Gasteiger partial charge in [0, 0.05) is 18.9 Å². The van der Waals surface area contributed by atoms with Crippen molar-refractivity contribution in [2.24, 2.45) is 0 Å². The number of rotatable bonds is 9. The molecule has 0 aliphatic heterocycles. The van der Waals surface area contributed by atoms with E-state index in [9.17, 15) is 4.39 Å². The molecule has 2 aromatic carbocycles. The number of nitrogens with zero attached hydrogens (tertiary/aromatic N) is 6. The van der Waals surface area contributed by atoms with Crippen molar-refractivity contribution in [1.82, 2.24) is 34.5 Å². The number of ether oxygens (including phenoxy) is 1. The number of imidazole rings is 2. The molecule has 1 atom stereocenters. The average molecular weight is 495 g/mol. The number of hydrogen-bond acceptors (Lipinski definition) is 7. The molecule has 0 spiro atoms. The highest BCUT2D eigenvalue weighted by Gasteiger charge is 2.24. The summed E-state index contributed by atoms with van der Waals surface area (Å²) in [4.78, 5) is 25.4. The maximum Gasteiger partial charge on any atom is 0.182 e. The van der Waals surface area contributed by atoms with E-state index < -0.39 is 0 Å². The Morgan fingerprint density at radius 1 is 0.973 bits per heavy atom. The van der Waals surface area contributed by atoms with Crippen LogP contribution in [-0.2, 0) is 11.3 Å². The maximum absolute atomic E-state index is 14.3. The minimum Gasteiger partial charge on any atom is -0.377 e. The third-order valence-corrected chi connectivity index (χ3v) is 6.03. The van der Waals surface area contributed by atoms with Crippen molar-refractivity contribution in [3.63, 3.8) is 0 Å². The van der Waals surface area contributed by atoms with E-state index in [-0.39, 0.29) is 11.9 Å². The second-order valence-corrected chi connectivity index (χ2v) is 8.47. The van der Waals surface area contributed by atoms with Gasteiger partial charge < -0.3 is 15.0 Å². The van der Waals surface area contributed by atoms with Crippen LogP contribution in [0.4, 0.5) is 10.2 Å². The van der Waals surface area contributed by atoms with Gasteiger partial charge in [0.2, 0.25) is 0 Å². The molecule has 184 valence electrons. The first-order chi connectivity index (χ1) is 18.3. The summed E-state index contributed by atoms with van der Waals surface area (Å²) < 4.78 is 22.2. The number of halogens is 1. The lowest BCUT2D eigenvalue weighted by atomic mass is 10.2. The molecule has 4 aromatic heterocycles. The molecular weight excluding hydrogens is 471 g/mol. The van der Waals surface area contributed by atoms with E-state index in [1.807, 2.05) is 53.1 Å². The molecule has 0 saturated carbocycles. The van der Waals surface area contributed by atoms with Crippen LogP contribution in [0.3, 0.4) is 0 Å². The number of nitrogens with one attached hydrogen (secondary N) is 2. The number of benzene rings is 2. The van der Waals surface area contributed by atoms with Crippen LogP contribution in [0.15, 0.2) is 85.6 Å². The maximum atomic E-state index is 14.3. The summed E-state index contributed by atoms with van der Waals surface area (Å²) in [7, 11) is 0. The molecule has 0 amide bonds. The smallest absolute Gasteiger partial charge is 0.182 e. The van der Waals surface area contributed by atoms with E-state index in [1.54, 1.807) is 18.6 Å². The Kier molecular flexibility index (Phi) is 6.22. The predicted octanol–water partition coefficient (Wildman–Crippen LogP) is 4.99. The topological polar surface area (TPSA) is 106 Å². The number of pyridine rings is 1. The molecule has 2 N–H and O–H groups in total. The largest absolute Gasteiger partial charge is 0.377 e. The second-order valence-electron chi connectivity index (χ2n) is 8.47. The van der Waals surface area contributed by atoms with Crippen LogP contribution in [0.1, 0.15) is 23.9 Å². The molecule has 10 heteroatoms. The third kappa shape index (κ3) is 4.74. The molecule has 0 saturated heterocycles. The normalized spacial score (nSPS) is 12.2. The SMILES string of the molecule is Fc1ccc2nc(C(CCOCc3ccccc3)Nc3ncnc4nc[nH]c34)n(-c3ccccn3)c2c1. The molecule has 9 nitrogen and oxygen atoms in total. The van der Waals surface area contributed by atoms with Gasteiger partial charge in [-0.2, -0.15) is 0 Å². The van der Waals surface area contributed by atoms with Gasteiger partial charge in [-0.3, -0.25) is 4.57 Å². The zero-order valence-corrected chi connectivity index (χ0v) is 19.8. The summed E-state index contributed by atoms with van der Waals surface area (Å²) in [6.45, 7) is 0.942. The highest BCUT2D eigenvalue weighted by atomic mass is 19.1. The first-order valence-electron chi connectivity index (χ1n) is 11.9. The second kappa shape index (κ2) is 10.1. The van der Waals surface area contributed by atoms with Gasteiger partial charge in [0.15, 0.2) is 11.5 Å². The van der Waals surface area contributed by atoms with Gasteiger partial charge in [-0.25, -0.2) is 29.3 Å². The Hall–Kier alpha value is -4.70. The number of aromatic amines is 1. The molecule has 6 aromatic rings. The summed E-state index contributed by atoms with van der Waals surface area (Å²) in [6.07, 6.45) is 5.30. The van der Waals surface area contributed by atoms with E-state index in [0.717, 1.165) is 5.56 Å². The van der Waals surface area contributed by atoms with E-state index in [4.69, 9.17) is 9.72 Å². The fourth-order valence-electron chi connectivity index (χ4n) is 4.30. The number of hydrogen-bond donors (Lipinski definition) is 2. The Morgan fingerprint density at radius 2 is 1.86 bits per heavy atom. The lowest BCUT2D eigenvalue weighted by Crippen LogP contribution is -2.19. The summed E-state index contributed by atoms with van der Waals surface area (Å²) in [5.41, 5.74) is 3.62. The van der Waals surface area contributed by atoms with Crippen LogP contribution in [0.25, 0.3) is 28.0 Å². The summed E-state index contributed by atoms with van der Waals surface area (Å²) in [5, 5.41) is 3.50. The molecule has 0 fully saturated rings. The van der Waals surface area contributed by atoms with Crippen LogP contribution in [0.5, 0.6) is 0 Å². The first kappa shape index (κ1) is 22.7. The number of anilines is 1. The van der Waals surface area contributed by atoms with Crippen LogP contribution in [-0.4, -0.2) is 41.1 Å². The molecule has 37 heavy (non-hydrogen) atoms. The van der Waals surface area contributed by atoms with Gasteiger partial charge in [0.25, 0.3) is 0 Å². The van der Waals surface area contributed by atoms with E-state index in [1.165, 1.54) is 18.5 Å². The molecule has 6 rings (SSSR count). The number of fused-ring (bicyclic) bond motifs is 2. The van der Waals surface area contributed by atoms with Crippen LogP contribution >= 0.6 is 0 Å². The highest BCUT2D eigenvalue weighted by molar-refractivity contribution is 5.82. The Bertz CT molecular complexity index is 1630. The lowest BCUT2D eigenvalue weighted by Gasteiger charge is -2.20. The van der Waals surface area contributed by atoms with Crippen molar-refractivity contribution < 1.29 is 9.13 Å². The van der Waals surface area contributed by atoms with Gasteiger partial charge in [-0.05, 0) is 36.2 Å². The van der Waals surface area contributed by atoms with Gasteiger partial charge in [0.1, 0.15) is 29.3 Å². The van der Waals surface area contributed by atoms with Gasteiger partial charge in [-0.15, -0.1) is 0 Å². The van der Waals surface area contributed by atoms with Crippen molar-refractivity contribution in [2.75, 3.05) is 11.9 Å². The van der Waals surface area contributed by atoms with Crippen molar-refractivity contribution in [3.05, 3.63) is 103 Å². The summed E-state index contributed by atoms with van der Waals surface area (Å²) >= 11 is 0. The molecule has 1 unspecified atom stereocenters. The quantitative estimate of drug-likeness (QED) is 0.273. The molecule has 0 aliphatic rings. The van der Waals surface area contributed by atoms with Gasteiger partial charge in [-0.1, -0.05) is 36.4 Å². The average Bonchev–Trinajstić information content (AvgIpc) is 3.57. The van der Waals surface area contributed by atoms with Crippen molar-refractivity contribution >= 4 is 28.0 Å². The molecule has 4 heterocycles. The fraction of sp³-hybridized carbons (Fsp3) is 0.148. The lowest BCUT2D eigenvalue weighted by molar-refractivity contribution is 0.115. The first-order valence-corrected chi connectivity index (χ1v) is 11.9. The van der Waals surface area contributed by atoms with Gasteiger partial charge >= 0.3 is 0 Å². The summed E-state index contributed by atoms with van der Waals surface area (Å²) in [5.74, 6) is 1.54. The molecule has 0 radical (unpaired) electrons. The highest BCUT2D eigenvalue weighted by Crippen LogP contribution is 2.30. The monoisotopic (exact) mass is 494 g/mol. The van der Waals surface area contributed by atoms with Crippen LogP contribution < -0.4 is 5.32 Å². The van der Waals surface area contributed by atoms with Crippen LogP contribution in [0.2, 0.25) is 0 Å². The molecule has 0 bridgehead atoms. The van der Waals surface area contributed by atoms with Crippen LogP contribution in [0, 0.1) is 5.82 Å². The Labute approximate surface area is 211 Å². The minimum absolute atomic E-state index is 0.346. The van der Waals surface area contributed by atoms with Gasteiger partial charge in [0.05, 0.1) is 30.0 Å². The zero-order valence-electron chi connectivity index (χ0n) is 19.8. The summed E-state index contributed by atoms with van der Waals surface area (Å²) in [6, 6.07) is 19.8. The van der Waals surface area contributed by atoms with E-state index in [2.05, 4.69) is 30.2 Å². The van der Waals surface area contributed by atoms with Crippen molar-refractivity contribution in [2.45, 2.75) is 19.1 Å². The van der Waals surface area contributed by atoms with Crippen molar-refractivity contribution in [1.29, 1.82) is 0 Å². The standard InChI is InChI=1S/C27H23FN8O/c28-19-9-10-20-22(14-19)36(23-8-4-5-12-29-23)27(35-20)21(11-13-37-15-18-6-2-1-3-7-18)34-26-24-25(31-16-30-24)32-17-33-26/h1-10,12,14,16-17,21H,11,13,15H2,(H2,30,31,32,33,34). The zero-order chi connectivity index (χ0) is 25.0. The molecular formula is C27H23FN8O. The van der Waals surface area contributed by atoms with E-state index in [0.29, 0.717) is 59.3 Å². The predicted molar refractivity (Wildman–Crippen MR) is 138 cm³/mol. The Balaban J connectivity index is 1.39. The Morgan fingerprint density at radius 3 is 2.73 bits per heavy atom. The third-order valence-electron chi connectivity index (χ3n) is 6.03. The fourth-order valence-corrected chi connectivity index (χ4v) is 4.30.